The summed E-state index contributed by atoms with van der Waals surface area (Å²) >= 11 is 1.36. The summed E-state index contributed by atoms with van der Waals surface area (Å²) in [5.74, 6) is 0.486. The van der Waals surface area contributed by atoms with Gasteiger partial charge in [-0.3, -0.25) is 10.1 Å². The van der Waals surface area contributed by atoms with Crippen LogP contribution >= 0.6 is 11.3 Å². The number of amides is 1. The number of benzene rings is 1. The van der Waals surface area contributed by atoms with Crippen molar-refractivity contribution in [1.82, 2.24) is 4.98 Å². The summed E-state index contributed by atoms with van der Waals surface area (Å²) in [6.45, 7) is 3.39. The maximum absolute atomic E-state index is 11.2. The summed E-state index contributed by atoms with van der Waals surface area (Å²) in [6, 6.07) is 7.61. The highest BCUT2D eigenvalue weighted by Crippen LogP contribution is 2.31. The van der Waals surface area contributed by atoms with Gasteiger partial charge in [0.15, 0.2) is 5.13 Å². The zero-order chi connectivity index (χ0) is 13.0. The molecular formula is C13H12N2O2S. The van der Waals surface area contributed by atoms with Crippen LogP contribution in [-0.4, -0.2) is 18.0 Å². The molecule has 5 heteroatoms. The highest BCUT2D eigenvalue weighted by atomic mass is 32.1. The second-order valence-electron chi connectivity index (χ2n) is 3.43. The lowest BCUT2D eigenvalue weighted by molar-refractivity contribution is -0.111. The predicted molar refractivity (Wildman–Crippen MR) is 72.9 cm³/mol. The summed E-state index contributed by atoms with van der Waals surface area (Å²) < 4.78 is 5.27. The number of carbonyl (C=O) groups is 1. The van der Waals surface area contributed by atoms with E-state index in [0.717, 1.165) is 17.0 Å². The number of methoxy groups -OCH3 is 1. The van der Waals surface area contributed by atoms with Crippen molar-refractivity contribution in [1.29, 1.82) is 0 Å². The SMILES string of the molecule is C=CC(=O)Nc1nc(-c2ccccc2OC)cs1. The average Bonchev–Trinajstić information content (AvgIpc) is 2.86. The molecular weight excluding hydrogens is 248 g/mol. The molecule has 0 saturated heterocycles. The van der Waals surface area contributed by atoms with Gasteiger partial charge >= 0.3 is 0 Å². The fourth-order valence-electron chi connectivity index (χ4n) is 1.47. The first-order valence-electron chi connectivity index (χ1n) is 5.27. The van der Waals surface area contributed by atoms with E-state index in [1.165, 1.54) is 17.4 Å². The molecule has 0 aliphatic heterocycles. The van der Waals surface area contributed by atoms with Crippen LogP contribution < -0.4 is 10.1 Å². The van der Waals surface area contributed by atoms with Crippen molar-refractivity contribution in [2.45, 2.75) is 0 Å². The standard InChI is InChI=1S/C13H12N2O2S/c1-3-12(16)15-13-14-10(8-18-13)9-6-4-5-7-11(9)17-2/h3-8H,1H2,2H3,(H,14,15,16). The van der Waals surface area contributed by atoms with Crippen molar-refractivity contribution >= 4 is 22.4 Å². The molecule has 1 N–H and O–H groups in total. The Hall–Kier alpha value is -2.14. The molecule has 1 aromatic carbocycles. The van der Waals surface area contributed by atoms with Gasteiger partial charge in [0, 0.05) is 10.9 Å². The van der Waals surface area contributed by atoms with Gasteiger partial charge in [-0.15, -0.1) is 11.3 Å². The van der Waals surface area contributed by atoms with Crippen LogP contribution in [0.4, 0.5) is 5.13 Å². The second-order valence-corrected chi connectivity index (χ2v) is 4.29. The maximum atomic E-state index is 11.2. The molecule has 0 unspecified atom stereocenters. The summed E-state index contributed by atoms with van der Waals surface area (Å²) in [7, 11) is 1.62. The Morgan fingerprint density at radius 2 is 2.28 bits per heavy atom. The third kappa shape index (κ3) is 2.57. The number of ether oxygens (including phenoxy) is 1. The zero-order valence-corrected chi connectivity index (χ0v) is 10.7. The number of nitrogens with one attached hydrogen (secondary N) is 1. The van der Waals surface area contributed by atoms with E-state index in [2.05, 4.69) is 16.9 Å². The molecule has 4 nitrogen and oxygen atoms in total. The second kappa shape index (κ2) is 5.46. The van der Waals surface area contributed by atoms with E-state index in [0.29, 0.717) is 5.13 Å². The van der Waals surface area contributed by atoms with Crippen molar-refractivity contribution in [2.24, 2.45) is 0 Å². The number of aromatic nitrogens is 1. The van der Waals surface area contributed by atoms with Gasteiger partial charge in [0.2, 0.25) is 5.91 Å². The smallest absolute Gasteiger partial charge is 0.249 e. The molecule has 2 aromatic rings. The Kier molecular flexibility index (Phi) is 3.74. The normalized spacial score (nSPS) is 9.83. The number of hydrogen-bond donors (Lipinski definition) is 1. The third-order valence-electron chi connectivity index (χ3n) is 2.30. The van der Waals surface area contributed by atoms with Crippen molar-refractivity contribution in [3.8, 4) is 17.0 Å². The lowest BCUT2D eigenvalue weighted by Crippen LogP contribution is -2.06. The molecule has 1 aromatic heterocycles. The van der Waals surface area contributed by atoms with E-state index in [1.54, 1.807) is 7.11 Å². The van der Waals surface area contributed by atoms with Crippen LogP contribution in [0, 0.1) is 0 Å². The summed E-state index contributed by atoms with van der Waals surface area (Å²) in [5.41, 5.74) is 1.67. The lowest BCUT2D eigenvalue weighted by atomic mass is 10.1. The Morgan fingerprint density at radius 1 is 1.50 bits per heavy atom. The molecule has 0 saturated carbocycles. The number of anilines is 1. The number of rotatable bonds is 4. The van der Waals surface area contributed by atoms with Crippen LogP contribution in [0.5, 0.6) is 5.75 Å². The monoisotopic (exact) mass is 260 g/mol. The maximum Gasteiger partial charge on any atom is 0.249 e. The molecule has 18 heavy (non-hydrogen) atoms. The zero-order valence-electron chi connectivity index (χ0n) is 9.84. The van der Waals surface area contributed by atoms with E-state index >= 15 is 0 Å². The molecule has 0 atom stereocenters. The van der Waals surface area contributed by atoms with Crippen molar-refractivity contribution < 1.29 is 9.53 Å². The highest BCUT2D eigenvalue weighted by molar-refractivity contribution is 7.14. The van der Waals surface area contributed by atoms with E-state index in [4.69, 9.17) is 4.74 Å². The molecule has 1 amide bonds. The fourth-order valence-corrected chi connectivity index (χ4v) is 2.18. The topological polar surface area (TPSA) is 51.2 Å². The van der Waals surface area contributed by atoms with Gasteiger partial charge in [0.05, 0.1) is 12.8 Å². The number of para-hydroxylation sites is 1. The molecule has 92 valence electrons. The first-order valence-corrected chi connectivity index (χ1v) is 6.15. The van der Waals surface area contributed by atoms with Crippen molar-refractivity contribution in [3.05, 3.63) is 42.3 Å². The third-order valence-corrected chi connectivity index (χ3v) is 3.06. The molecule has 0 radical (unpaired) electrons. The van der Waals surface area contributed by atoms with Gasteiger partial charge < -0.3 is 4.74 Å². The molecule has 0 aliphatic rings. The molecule has 1 heterocycles. The Balaban J connectivity index is 2.29. The molecule has 0 bridgehead atoms. The number of carbonyl (C=O) groups excluding carboxylic acids is 1. The van der Waals surface area contributed by atoms with Crippen molar-refractivity contribution in [3.63, 3.8) is 0 Å². The van der Waals surface area contributed by atoms with Gasteiger partial charge in [0.25, 0.3) is 0 Å². The predicted octanol–water partition coefficient (Wildman–Crippen LogP) is 2.94. The first-order chi connectivity index (χ1) is 8.74. The van der Waals surface area contributed by atoms with E-state index in [1.807, 2.05) is 29.6 Å². The Bertz CT molecular complexity index is 578. The quantitative estimate of drug-likeness (QED) is 0.860. The first kappa shape index (κ1) is 12.3. The number of nitrogens with zero attached hydrogens (tertiary/aromatic N) is 1. The van der Waals surface area contributed by atoms with Gasteiger partial charge in [-0.2, -0.15) is 0 Å². The van der Waals surface area contributed by atoms with Gasteiger partial charge in [-0.25, -0.2) is 4.98 Å². The van der Waals surface area contributed by atoms with E-state index in [-0.39, 0.29) is 5.91 Å². The highest BCUT2D eigenvalue weighted by Gasteiger charge is 2.09. The number of hydrogen-bond acceptors (Lipinski definition) is 4. The van der Waals surface area contributed by atoms with Crippen LogP contribution in [0.3, 0.4) is 0 Å². The fraction of sp³-hybridized carbons (Fsp3) is 0.0769. The largest absolute Gasteiger partial charge is 0.496 e. The Morgan fingerprint density at radius 3 is 3.00 bits per heavy atom. The minimum absolute atomic E-state index is 0.268. The van der Waals surface area contributed by atoms with Crippen LogP contribution in [0.15, 0.2) is 42.3 Å². The summed E-state index contributed by atoms with van der Waals surface area (Å²) in [4.78, 5) is 15.5. The van der Waals surface area contributed by atoms with Crippen LogP contribution in [-0.2, 0) is 4.79 Å². The van der Waals surface area contributed by atoms with E-state index < -0.39 is 0 Å². The molecule has 0 fully saturated rings. The minimum atomic E-state index is -0.268. The van der Waals surface area contributed by atoms with E-state index in [9.17, 15) is 4.79 Å². The lowest BCUT2D eigenvalue weighted by Gasteiger charge is -2.04. The average molecular weight is 260 g/mol. The van der Waals surface area contributed by atoms with Crippen molar-refractivity contribution in [2.75, 3.05) is 12.4 Å². The molecule has 2 rings (SSSR count). The van der Waals surface area contributed by atoms with Gasteiger partial charge in [-0.1, -0.05) is 18.7 Å². The van der Waals surface area contributed by atoms with Crippen LogP contribution in [0.25, 0.3) is 11.3 Å². The minimum Gasteiger partial charge on any atom is -0.496 e. The molecule has 0 aliphatic carbocycles. The Labute approximate surface area is 109 Å². The van der Waals surface area contributed by atoms with Crippen LogP contribution in [0.1, 0.15) is 0 Å². The van der Waals surface area contributed by atoms with Gasteiger partial charge in [0.1, 0.15) is 5.75 Å². The summed E-state index contributed by atoms with van der Waals surface area (Å²) in [5, 5.41) is 5.04. The van der Waals surface area contributed by atoms with Crippen LogP contribution in [0.2, 0.25) is 0 Å². The van der Waals surface area contributed by atoms with Gasteiger partial charge in [-0.05, 0) is 18.2 Å². The summed E-state index contributed by atoms with van der Waals surface area (Å²) in [6.07, 6.45) is 1.21. The number of thiazole rings is 1. The molecule has 0 spiro atoms.